The third kappa shape index (κ3) is 5.78. The Morgan fingerprint density at radius 1 is 1.15 bits per heavy atom. The third-order valence-corrected chi connectivity index (χ3v) is 5.78. The number of hydrogen-bond donors (Lipinski definition) is 1. The van der Waals surface area contributed by atoms with E-state index in [0.29, 0.717) is 36.5 Å². The monoisotopic (exact) mass is 461 g/mol. The standard InChI is InChI=1S/C27H31N3O4/c1-4-16-33-19-23(31)17-29(21-14-15-21)18-24-20(2)28-30(22-10-6-5-7-11-22)27(24)34-26-13-9-8-12-25(26)32-3/h1,5-13,21,23,31H,14-19H2,2-3H3/t23-/m1/s1. The van der Waals surface area contributed by atoms with Crippen molar-refractivity contribution in [3.63, 3.8) is 0 Å². The van der Waals surface area contributed by atoms with Crippen LogP contribution in [0.5, 0.6) is 17.4 Å². The molecule has 7 nitrogen and oxygen atoms in total. The number of methoxy groups -OCH3 is 1. The number of aliphatic hydroxyl groups is 1. The first kappa shape index (κ1) is 23.8. The van der Waals surface area contributed by atoms with Crippen LogP contribution in [0.4, 0.5) is 0 Å². The van der Waals surface area contributed by atoms with Crippen molar-refractivity contribution in [1.29, 1.82) is 0 Å². The van der Waals surface area contributed by atoms with Crippen molar-refractivity contribution in [3.05, 3.63) is 65.9 Å². The normalized spacial score (nSPS) is 14.1. The molecule has 0 amide bonds. The zero-order valence-electron chi connectivity index (χ0n) is 19.7. The maximum atomic E-state index is 10.5. The lowest BCUT2D eigenvalue weighted by Gasteiger charge is -2.25. The van der Waals surface area contributed by atoms with Crippen LogP contribution >= 0.6 is 0 Å². The van der Waals surface area contributed by atoms with Gasteiger partial charge in [0.05, 0.1) is 36.8 Å². The molecule has 0 unspecified atom stereocenters. The lowest BCUT2D eigenvalue weighted by molar-refractivity contribution is 0.0240. The van der Waals surface area contributed by atoms with Gasteiger partial charge in [0.15, 0.2) is 11.5 Å². The fourth-order valence-electron chi connectivity index (χ4n) is 3.94. The van der Waals surface area contributed by atoms with Crippen LogP contribution in [0.15, 0.2) is 54.6 Å². The Morgan fingerprint density at radius 2 is 1.85 bits per heavy atom. The van der Waals surface area contributed by atoms with Crippen molar-refractivity contribution in [2.45, 2.75) is 38.5 Å². The largest absolute Gasteiger partial charge is 0.493 e. The SMILES string of the molecule is C#CCOC[C@H](O)CN(Cc1c(C)nn(-c2ccccc2)c1Oc1ccccc1OC)C1CC1. The Balaban J connectivity index is 1.66. The smallest absolute Gasteiger partial charge is 0.227 e. The van der Waals surface area contributed by atoms with Gasteiger partial charge in [-0.3, -0.25) is 4.90 Å². The molecule has 178 valence electrons. The topological polar surface area (TPSA) is 69.0 Å². The lowest BCUT2D eigenvalue weighted by atomic mass is 10.2. The van der Waals surface area contributed by atoms with Crippen LogP contribution in [-0.2, 0) is 11.3 Å². The number of ether oxygens (including phenoxy) is 3. The van der Waals surface area contributed by atoms with E-state index in [4.69, 9.17) is 25.7 Å². The van der Waals surface area contributed by atoms with Gasteiger partial charge in [-0.25, -0.2) is 4.68 Å². The molecule has 1 aromatic heterocycles. The highest BCUT2D eigenvalue weighted by atomic mass is 16.5. The van der Waals surface area contributed by atoms with Crippen molar-refractivity contribution in [1.82, 2.24) is 14.7 Å². The average molecular weight is 462 g/mol. The van der Waals surface area contributed by atoms with E-state index < -0.39 is 6.10 Å². The summed E-state index contributed by atoms with van der Waals surface area (Å²) in [6.45, 7) is 3.47. The highest BCUT2D eigenvalue weighted by Crippen LogP contribution is 2.37. The molecule has 1 fully saturated rings. The molecule has 0 aliphatic heterocycles. The van der Waals surface area contributed by atoms with Crippen molar-refractivity contribution in [3.8, 4) is 35.4 Å². The molecule has 0 spiro atoms. The molecule has 4 rings (SSSR count). The molecule has 3 aromatic rings. The van der Waals surface area contributed by atoms with E-state index in [1.54, 1.807) is 7.11 Å². The highest BCUT2D eigenvalue weighted by molar-refractivity contribution is 5.47. The Kier molecular flexibility index (Phi) is 7.86. The fraction of sp³-hybridized carbons (Fsp3) is 0.370. The van der Waals surface area contributed by atoms with Crippen LogP contribution in [0.25, 0.3) is 5.69 Å². The summed E-state index contributed by atoms with van der Waals surface area (Å²) < 4.78 is 19.1. The van der Waals surface area contributed by atoms with E-state index in [2.05, 4.69) is 10.8 Å². The number of nitrogens with zero attached hydrogens (tertiary/aromatic N) is 3. The first-order valence-electron chi connectivity index (χ1n) is 11.5. The Bertz CT molecular complexity index is 1120. The fourth-order valence-corrected chi connectivity index (χ4v) is 3.94. The number of aromatic nitrogens is 2. The van der Waals surface area contributed by atoms with Gasteiger partial charge in [-0.15, -0.1) is 6.42 Å². The molecule has 1 N–H and O–H groups in total. The van der Waals surface area contributed by atoms with Gasteiger partial charge in [-0.05, 0) is 44.0 Å². The van der Waals surface area contributed by atoms with Crippen LogP contribution in [0.3, 0.4) is 0 Å². The number of benzene rings is 2. The van der Waals surface area contributed by atoms with E-state index in [1.807, 2.05) is 66.2 Å². The Hall–Kier alpha value is -3.31. The van der Waals surface area contributed by atoms with Crippen LogP contribution < -0.4 is 9.47 Å². The number of para-hydroxylation sites is 3. The number of hydrogen-bond acceptors (Lipinski definition) is 6. The number of aliphatic hydroxyl groups excluding tert-OH is 1. The van der Waals surface area contributed by atoms with Crippen molar-refractivity contribution >= 4 is 0 Å². The first-order chi connectivity index (χ1) is 16.6. The van der Waals surface area contributed by atoms with Crippen LogP contribution in [0.2, 0.25) is 0 Å². The minimum absolute atomic E-state index is 0.195. The highest BCUT2D eigenvalue weighted by Gasteiger charge is 2.32. The molecule has 0 radical (unpaired) electrons. The van der Waals surface area contributed by atoms with Gasteiger partial charge in [0.25, 0.3) is 0 Å². The number of aryl methyl sites for hydroxylation is 1. The molecule has 1 atom stereocenters. The minimum atomic E-state index is -0.628. The van der Waals surface area contributed by atoms with E-state index in [1.165, 1.54) is 0 Å². The first-order valence-corrected chi connectivity index (χ1v) is 11.5. The molecule has 2 aromatic carbocycles. The minimum Gasteiger partial charge on any atom is -0.493 e. The van der Waals surface area contributed by atoms with E-state index in [0.717, 1.165) is 29.8 Å². The molecule has 34 heavy (non-hydrogen) atoms. The molecule has 1 heterocycles. The van der Waals surface area contributed by atoms with E-state index >= 15 is 0 Å². The van der Waals surface area contributed by atoms with Gasteiger partial charge in [0, 0.05) is 19.1 Å². The van der Waals surface area contributed by atoms with Gasteiger partial charge in [0.2, 0.25) is 5.88 Å². The Morgan fingerprint density at radius 3 is 2.53 bits per heavy atom. The summed E-state index contributed by atoms with van der Waals surface area (Å²) in [4.78, 5) is 2.28. The van der Waals surface area contributed by atoms with Crippen molar-refractivity contribution in [2.75, 3.05) is 26.9 Å². The second kappa shape index (κ2) is 11.2. The zero-order valence-corrected chi connectivity index (χ0v) is 19.7. The summed E-state index contributed by atoms with van der Waals surface area (Å²) in [5.41, 5.74) is 2.75. The summed E-state index contributed by atoms with van der Waals surface area (Å²) in [6.07, 6.45) is 6.82. The third-order valence-electron chi connectivity index (χ3n) is 5.78. The van der Waals surface area contributed by atoms with Gasteiger partial charge >= 0.3 is 0 Å². The maximum Gasteiger partial charge on any atom is 0.227 e. The quantitative estimate of drug-likeness (QED) is 0.325. The molecule has 1 aliphatic rings. The zero-order chi connectivity index (χ0) is 23.9. The van der Waals surface area contributed by atoms with E-state index in [-0.39, 0.29) is 13.2 Å². The molecule has 7 heteroatoms. The number of rotatable bonds is 12. The summed E-state index contributed by atoms with van der Waals surface area (Å²) in [6, 6.07) is 17.9. The summed E-state index contributed by atoms with van der Waals surface area (Å²) in [5.74, 6) is 4.33. The van der Waals surface area contributed by atoms with E-state index in [9.17, 15) is 5.11 Å². The summed E-state index contributed by atoms with van der Waals surface area (Å²) >= 11 is 0. The van der Waals surface area contributed by atoms with Crippen LogP contribution in [0, 0.1) is 19.3 Å². The summed E-state index contributed by atoms with van der Waals surface area (Å²) in [7, 11) is 1.63. The molecular weight excluding hydrogens is 430 g/mol. The van der Waals surface area contributed by atoms with Crippen molar-refractivity contribution in [2.24, 2.45) is 0 Å². The summed E-state index contributed by atoms with van der Waals surface area (Å²) in [5, 5.41) is 15.3. The van der Waals surface area contributed by atoms with Gasteiger partial charge in [0.1, 0.15) is 6.61 Å². The second-order valence-corrected chi connectivity index (χ2v) is 8.40. The molecule has 0 saturated heterocycles. The average Bonchev–Trinajstić information content (AvgIpc) is 3.66. The van der Waals surface area contributed by atoms with Crippen LogP contribution in [-0.4, -0.2) is 58.8 Å². The maximum absolute atomic E-state index is 10.5. The Labute approximate surface area is 200 Å². The predicted molar refractivity (Wildman–Crippen MR) is 130 cm³/mol. The van der Waals surface area contributed by atoms with Gasteiger partial charge in [-0.2, -0.15) is 5.10 Å². The molecule has 1 saturated carbocycles. The molecule has 0 bridgehead atoms. The lowest BCUT2D eigenvalue weighted by Crippen LogP contribution is -2.36. The molecular formula is C27H31N3O4. The van der Waals surface area contributed by atoms with Gasteiger partial charge in [-0.1, -0.05) is 36.3 Å². The second-order valence-electron chi connectivity index (χ2n) is 8.40. The number of terminal acetylenes is 1. The molecule has 1 aliphatic carbocycles. The van der Waals surface area contributed by atoms with Crippen molar-refractivity contribution < 1.29 is 19.3 Å². The van der Waals surface area contributed by atoms with Gasteiger partial charge < -0.3 is 19.3 Å². The predicted octanol–water partition coefficient (Wildman–Crippen LogP) is 3.96. The van der Waals surface area contributed by atoms with Crippen LogP contribution in [0.1, 0.15) is 24.1 Å².